The molecule has 0 aliphatic heterocycles. The predicted octanol–water partition coefficient (Wildman–Crippen LogP) is 4.44. The molecule has 18 heavy (non-hydrogen) atoms. The van der Waals surface area contributed by atoms with Crippen LogP contribution in [0.5, 0.6) is 0 Å². The molecule has 3 heteroatoms. The summed E-state index contributed by atoms with van der Waals surface area (Å²) in [5.74, 6) is -0.234. The fraction of sp³-hybridized carbons (Fsp3) is 0.933. The molecule has 0 aromatic rings. The number of carbonyl (C=O) groups excluding carboxylic acids is 1. The Labute approximate surface area is 115 Å². The summed E-state index contributed by atoms with van der Waals surface area (Å²) in [6.45, 7) is 2.24. The van der Waals surface area contributed by atoms with E-state index in [0.717, 1.165) is 12.8 Å². The number of alkyl halides is 1. The summed E-state index contributed by atoms with van der Waals surface area (Å²) in [6, 6.07) is 0. The molecule has 0 saturated heterocycles. The summed E-state index contributed by atoms with van der Waals surface area (Å²) in [6.07, 6.45) is 12.3. The lowest BCUT2D eigenvalue weighted by Gasteiger charge is -2.30. The van der Waals surface area contributed by atoms with Crippen LogP contribution in [0.3, 0.4) is 0 Å². The van der Waals surface area contributed by atoms with Gasteiger partial charge in [-0.15, -0.1) is 11.6 Å². The van der Waals surface area contributed by atoms with Crippen LogP contribution in [0.25, 0.3) is 0 Å². The summed E-state index contributed by atoms with van der Waals surface area (Å²) < 4.78 is 5.69. The molecule has 0 amide bonds. The SMILES string of the molecule is CCCCCC[C@]12CCCC[C@@]1(OC(=O)CCl)C2. The Morgan fingerprint density at radius 2 is 2.00 bits per heavy atom. The van der Waals surface area contributed by atoms with Crippen molar-refractivity contribution in [1.29, 1.82) is 0 Å². The number of hydrogen-bond donors (Lipinski definition) is 0. The molecule has 2 fully saturated rings. The highest BCUT2D eigenvalue weighted by atomic mass is 35.5. The summed E-state index contributed by atoms with van der Waals surface area (Å²) >= 11 is 5.57. The van der Waals surface area contributed by atoms with Crippen molar-refractivity contribution in [2.75, 3.05) is 5.88 Å². The Morgan fingerprint density at radius 3 is 2.72 bits per heavy atom. The highest BCUT2D eigenvalue weighted by Crippen LogP contribution is 2.69. The van der Waals surface area contributed by atoms with Gasteiger partial charge in [0.25, 0.3) is 0 Å². The maximum absolute atomic E-state index is 11.5. The second kappa shape index (κ2) is 5.81. The first-order chi connectivity index (χ1) is 8.68. The fourth-order valence-electron chi connectivity index (χ4n) is 3.82. The van der Waals surface area contributed by atoms with Crippen molar-refractivity contribution < 1.29 is 9.53 Å². The van der Waals surface area contributed by atoms with Crippen molar-refractivity contribution >= 4 is 17.6 Å². The summed E-state index contributed by atoms with van der Waals surface area (Å²) in [4.78, 5) is 11.5. The van der Waals surface area contributed by atoms with Gasteiger partial charge in [-0.05, 0) is 32.1 Å². The molecule has 104 valence electrons. The van der Waals surface area contributed by atoms with Crippen molar-refractivity contribution in [2.45, 2.75) is 76.7 Å². The molecule has 2 aliphatic carbocycles. The Kier molecular flexibility index (Phi) is 4.58. The molecule has 2 saturated carbocycles. The minimum absolute atomic E-state index is 0.00629. The van der Waals surface area contributed by atoms with Gasteiger partial charge in [-0.1, -0.05) is 39.0 Å². The van der Waals surface area contributed by atoms with Gasteiger partial charge in [0.15, 0.2) is 0 Å². The van der Waals surface area contributed by atoms with Crippen molar-refractivity contribution in [3.05, 3.63) is 0 Å². The molecular formula is C15H25ClO2. The van der Waals surface area contributed by atoms with Gasteiger partial charge in [-0.3, -0.25) is 4.79 Å². The average molecular weight is 273 g/mol. The van der Waals surface area contributed by atoms with Gasteiger partial charge in [0.2, 0.25) is 0 Å². The molecule has 0 unspecified atom stereocenters. The van der Waals surface area contributed by atoms with E-state index in [1.807, 2.05) is 0 Å². The molecule has 0 aromatic heterocycles. The van der Waals surface area contributed by atoms with Crippen LogP contribution < -0.4 is 0 Å². The van der Waals surface area contributed by atoms with E-state index in [-0.39, 0.29) is 17.5 Å². The molecule has 0 aromatic carbocycles. The lowest BCUT2D eigenvalue weighted by Crippen LogP contribution is -2.31. The second-order valence-corrected chi connectivity index (χ2v) is 6.34. The minimum atomic E-state index is -0.228. The zero-order chi connectivity index (χ0) is 13.1. The predicted molar refractivity (Wildman–Crippen MR) is 73.8 cm³/mol. The topological polar surface area (TPSA) is 26.3 Å². The number of hydrogen-bond acceptors (Lipinski definition) is 2. The molecule has 0 spiro atoms. The molecule has 0 bridgehead atoms. The highest BCUT2D eigenvalue weighted by Gasteiger charge is 2.69. The van der Waals surface area contributed by atoms with E-state index >= 15 is 0 Å². The van der Waals surface area contributed by atoms with Crippen LogP contribution in [0, 0.1) is 5.41 Å². The minimum Gasteiger partial charge on any atom is -0.458 e. The second-order valence-electron chi connectivity index (χ2n) is 6.08. The molecule has 0 heterocycles. The van der Waals surface area contributed by atoms with E-state index in [0.29, 0.717) is 5.41 Å². The number of carbonyl (C=O) groups is 1. The van der Waals surface area contributed by atoms with E-state index in [1.165, 1.54) is 51.4 Å². The Morgan fingerprint density at radius 1 is 1.22 bits per heavy atom. The van der Waals surface area contributed by atoms with Crippen LogP contribution in [0.2, 0.25) is 0 Å². The monoisotopic (exact) mass is 272 g/mol. The Balaban J connectivity index is 1.88. The van der Waals surface area contributed by atoms with E-state index < -0.39 is 0 Å². The molecule has 2 atom stereocenters. The van der Waals surface area contributed by atoms with Crippen molar-refractivity contribution in [1.82, 2.24) is 0 Å². The maximum Gasteiger partial charge on any atom is 0.321 e. The molecule has 0 N–H and O–H groups in total. The van der Waals surface area contributed by atoms with E-state index in [1.54, 1.807) is 0 Å². The van der Waals surface area contributed by atoms with Gasteiger partial charge in [-0.2, -0.15) is 0 Å². The van der Waals surface area contributed by atoms with Crippen molar-refractivity contribution in [3.63, 3.8) is 0 Å². The Hall–Kier alpha value is -0.240. The average Bonchev–Trinajstić information content (AvgIpc) is 3.03. The molecule has 2 nitrogen and oxygen atoms in total. The first-order valence-corrected chi connectivity index (χ1v) is 7.99. The zero-order valence-electron chi connectivity index (χ0n) is 11.5. The third kappa shape index (κ3) is 2.68. The summed E-state index contributed by atoms with van der Waals surface area (Å²) in [5, 5.41) is 0. The van der Waals surface area contributed by atoms with Crippen LogP contribution in [0.15, 0.2) is 0 Å². The quantitative estimate of drug-likeness (QED) is 0.389. The fourth-order valence-corrected chi connectivity index (χ4v) is 3.87. The normalized spacial score (nSPS) is 33.9. The van der Waals surface area contributed by atoms with Crippen LogP contribution in [-0.4, -0.2) is 17.5 Å². The molecule has 0 radical (unpaired) electrons. The van der Waals surface area contributed by atoms with Crippen LogP contribution in [-0.2, 0) is 9.53 Å². The summed E-state index contributed by atoms with van der Waals surface area (Å²) in [5.41, 5.74) is 0.199. The lowest BCUT2D eigenvalue weighted by molar-refractivity contribution is -0.152. The van der Waals surface area contributed by atoms with Gasteiger partial charge in [0.05, 0.1) is 0 Å². The van der Waals surface area contributed by atoms with Crippen LogP contribution in [0.4, 0.5) is 0 Å². The van der Waals surface area contributed by atoms with Crippen molar-refractivity contribution in [2.24, 2.45) is 5.41 Å². The molecule has 2 rings (SSSR count). The maximum atomic E-state index is 11.5. The first-order valence-electron chi connectivity index (χ1n) is 7.46. The number of rotatable bonds is 7. The number of fused-ring (bicyclic) bond motifs is 1. The van der Waals surface area contributed by atoms with Crippen LogP contribution >= 0.6 is 11.6 Å². The van der Waals surface area contributed by atoms with Gasteiger partial charge < -0.3 is 4.74 Å². The number of halogens is 1. The third-order valence-corrected chi connectivity index (χ3v) is 5.10. The largest absolute Gasteiger partial charge is 0.458 e. The lowest BCUT2D eigenvalue weighted by atomic mass is 9.82. The number of esters is 1. The Bertz CT molecular complexity index is 305. The smallest absolute Gasteiger partial charge is 0.321 e. The van der Waals surface area contributed by atoms with E-state index in [2.05, 4.69) is 6.92 Å². The molecule has 2 aliphatic rings. The van der Waals surface area contributed by atoms with Gasteiger partial charge in [0, 0.05) is 5.41 Å². The highest BCUT2D eigenvalue weighted by molar-refractivity contribution is 6.26. The number of unbranched alkanes of at least 4 members (excludes halogenated alkanes) is 3. The van der Waals surface area contributed by atoms with Gasteiger partial charge in [-0.25, -0.2) is 0 Å². The van der Waals surface area contributed by atoms with Crippen LogP contribution in [0.1, 0.15) is 71.1 Å². The van der Waals surface area contributed by atoms with E-state index in [9.17, 15) is 4.79 Å². The standard InChI is InChI=1S/C15H25ClO2/c1-2-3-4-5-8-14-9-6-7-10-15(14,12-14)18-13(17)11-16/h2-12H2,1H3/t14-,15-/m1/s1. The first kappa shape index (κ1) is 14.2. The van der Waals surface area contributed by atoms with Gasteiger partial charge in [0.1, 0.15) is 11.5 Å². The van der Waals surface area contributed by atoms with E-state index in [4.69, 9.17) is 16.3 Å². The zero-order valence-corrected chi connectivity index (χ0v) is 12.2. The third-order valence-electron chi connectivity index (χ3n) is 4.88. The molecular weight excluding hydrogens is 248 g/mol. The van der Waals surface area contributed by atoms with Gasteiger partial charge >= 0.3 is 5.97 Å². The number of ether oxygens (including phenoxy) is 1. The summed E-state index contributed by atoms with van der Waals surface area (Å²) in [7, 11) is 0. The van der Waals surface area contributed by atoms with Crippen molar-refractivity contribution in [3.8, 4) is 0 Å².